The molecule has 0 aromatic heterocycles. The van der Waals surface area contributed by atoms with E-state index >= 15 is 0 Å². The molecule has 0 rings (SSSR count). The molecule has 0 heterocycles. The summed E-state index contributed by atoms with van der Waals surface area (Å²) in [5, 5.41) is 9.00. The SMILES string of the molecule is O=N[O-].[Cl-].[Co+3].[NH2-].[NH2-].[NH2-].[NH2-].[NH2-]. The summed E-state index contributed by atoms with van der Waals surface area (Å²) in [7, 11) is 0. The molecule has 0 aromatic rings. The molecule has 0 saturated carbocycles. The average Bonchev–Trinajstić information content (AvgIpc) is 0.918. The number of rotatable bonds is 0. The van der Waals surface area contributed by atoms with E-state index in [1.807, 2.05) is 0 Å². The van der Waals surface area contributed by atoms with Gasteiger partial charge in [-0.25, -0.2) is 0 Å². The van der Waals surface area contributed by atoms with Crippen LogP contribution in [-0.2, 0) is 16.8 Å². The van der Waals surface area contributed by atoms with Gasteiger partial charge in [0.1, 0.15) is 0 Å². The third kappa shape index (κ3) is 31800000. The Kier molecular flexibility index (Phi) is 11800. The minimum absolute atomic E-state index is 0. The molecule has 0 fully saturated rings. The summed E-state index contributed by atoms with van der Waals surface area (Å²) in [6, 6.07) is 0. The molecule has 0 saturated heterocycles. The summed E-state index contributed by atoms with van der Waals surface area (Å²) in [6.45, 7) is 0. The number of hydrogen-bond acceptors (Lipinski definition) is 3. The van der Waals surface area contributed by atoms with E-state index in [4.69, 9.17) is 10.1 Å². The summed E-state index contributed by atoms with van der Waals surface area (Å²) >= 11 is 0. The second kappa shape index (κ2) is 579. The minimum atomic E-state index is 0. The predicted octanol–water partition coefficient (Wildman–Crippen LogP) is 0.838. The van der Waals surface area contributed by atoms with E-state index in [1.165, 1.54) is 0 Å². The van der Waals surface area contributed by atoms with E-state index in [2.05, 4.69) is 0 Å². The summed E-state index contributed by atoms with van der Waals surface area (Å²) in [5.74, 6) is 0. The molecule has 0 unspecified atom stereocenters. The van der Waals surface area contributed by atoms with Crippen LogP contribution in [-0.4, -0.2) is 0 Å². The molecule has 10 heavy (non-hydrogen) atoms. The molecule has 72 valence electrons. The van der Waals surface area contributed by atoms with Gasteiger partial charge >= 0.3 is 16.8 Å². The molecule has 0 aliphatic heterocycles. The van der Waals surface area contributed by atoms with E-state index in [-0.39, 0.29) is 59.9 Å². The Morgan fingerprint density at radius 1 is 0.900 bits per heavy atom. The molecular weight excluding hydrogens is 210 g/mol. The molecule has 0 radical (unpaired) electrons. The second-order valence-electron chi connectivity index (χ2n) is 0.0745. The van der Waals surface area contributed by atoms with Crippen molar-refractivity contribution in [2.45, 2.75) is 0 Å². The maximum Gasteiger partial charge on any atom is 3.00 e. The molecule has 0 bridgehead atoms. The monoisotopic (exact) mass is 220 g/mol. The Bertz CT molecular complexity index is 23.2. The van der Waals surface area contributed by atoms with Gasteiger partial charge < -0.3 is 53.3 Å². The fraction of sp³-hybridized carbons (Fsp3) is 0. The van der Waals surface area contributed by atoms with E-state index in [0.717, 1.165) is 5.34 Å². The quantitative estimate of drug-likeness (QED) is 0.427. The van der Waals surface area contributed by atoms with Crippen molar-refractivity contribution in [1.82, 2.24) is 0 Å². The Balaban J connectivity index is -0.000000000952. The van der Waals surface area contributed by atoms with Crippen molar-refractivity contribution in [3.63, 3.8) is 0 Å². The van der Waals surface area contributed by atoms with Gasteiger partial charge in [-0.1, -0.05) is 0 Å². The van der Waals surface area contributed by atoms with Crippen molar-refractivity contribution in [3.8, 4) is 0 Å². The van der Waals surface area contributed by atoms with Crippen LogP contribution in [0.3, 0.4) is 0 Å². The number of hydrogen-bond donors (Lipinski definition) is 0. The van der Waals surface area contributed by atoms with Crippen LogP contribution in [0.2, 0.25) is 0 Å². The summed E-state index contributed by atoms with van der Waals surface area (Å²) < 4.78 is 0. The molecule has 0 amide bonds. The zero-order valence-corrected chi connectivity index (χ0v) is 6.66. The van der Waals surface area contributed by atoms with Crippen molar-refractivity contribution in [2.24, 2.45) is 5.34 Å². The Morgan fingerprint density at radius 2 is 0.900 bits per heavy atom. The van der Waals surface area contributed by atoms with E-state index in [1.54, 1.807) is 0 Å². The van der Waals surface area contributed by atoms with Gasteiger partial charge in [0.25, 0.3) is 0 Å². The van der Waals surface area contributed by atoms with Crippen LogP contribution in [0, 0.1) is 10.1 Å². The largest absolute Gasteiger partial charge is 3.00 e. The molecule has 10 N–H and O–H groups in total. The van der Waals surface area contributed by atoms with E-state index in [0.29, 0.717) is 0 Å². The molecule has 0 aliphatic carbocycles. The van der Waals surface area contributed by atoms with Crippen LogP contribution < -0.4 is 12.4 Å². The van der Waals surface area contributed by atoms with Crippen molar-refractivity contribution >= 4 is 0 Å². The first kappa shape index (κ1) is 203. The van der Waals surface area contributed by atoms with Gasteiger partial charge in [0.05, 0.1) is 0 Å². The third-order valence-corrected chi connectivity index (χ3v) is 0. The fourth-order valence-corrected chi connectivity index (χ4v) is 0. The van der Waals surface area contributed by atoms with Crippen molar-refractivity contribution in [1.29, 1.82) is 0 Å². The van der Waals surface area contributed by atoms with Crippen molar-refractivity contribution < 1.29 is 29.2 Å². The zero-order valence-electron chi connectivity index (χ0n) is 4.86. The Labute approximate surface area is 76.0 Å². The van der Waals surface area contributed by atoms with E-state index < -0.39 is 0 Å². The average molecular weight is 221 g/mol. The maximum absolute atomic E-state index is 8.00. The first-order chi connectivity index (χ1) is 1.41. The van der Waals surface area contributed by atoms with Gasteiger partial charge in [0.2, 0.25) is 0 Å². The summed E-state index contributed by atoms with van der Waals surface area (Å²) in [6.07, 6.45) is 0. The van der Waals surface area contributed by atoms with Gasteiger partial charge in [-0.05, 0) is 0 Å². The first-order valence-corrected chi connectivity index (χ1v) is 0.365. The molecule has 10 heteroatoms. The smallest absolute Gasteiger partial charge is 1.00 e. The first-order valence-electron chi connectivity index (χ1n) is 0.365. The van der Waals surface area contributed by atoms with Crippen LogP contribution >= 0.6 is 0 Å². The summed E-state index contributed by atoms with van der Waals surface area (Å²) in [4.78, 5) is 8.00. The molecular formula is H10ClCoN6O2-4. The van der Waals surface area contributed by atoms with Gasteiger partial charge in [0, 0.05) is 0 Å². The second-order valence-corrected chi connectivity index (χ2v) is 0.0745. The molecule has 0 atom stereocenters. The van der Waals surface area contributed by atoms with Gasteiger partial charge in [-0.2, -0.15) is 0 Å². The van der Waals surface area contributed by atoms with Gasteiger partial charge in [-0.3, -0.25) is 0 Å². The van der Waals surface area contributed by atoms with Crippen LogP contribution in [0.5, 0.6) is 0 Å². The van der Waals surface area contributed by atoms with Gasteiger partial charge in [0.15, 0.2) is 0 Å². The normalized spacial score (nSPS) is 1.20. The maximum atomic E-state index is 8.00. The zero-order chi connectivity index (χ0) is 2.71. The minimum Gasteiger partial charge on any atom is -1.00 e. The van der Waals surface area contributed by atoms with Gasteiger partial charge in [-0.15, -0.1) is 5.34 Å². The number of halogens is 1. The fourth-order valence-electron chi connectivity index (χ4n) is 0. The Morgan fingerprint density at radius 3 is 0.900 bits per heavy atom. The van der Waals surface area contributed by atoms with Crippen molar-refractivity contribution in [2.75, 3.05) is 0 Å². The van der Waals surface area contributed by atoms with Crippen molar-refractivity contribution in [3.05, 3.63) is 40.9 Å². The number of nitrogens with two attached hydrogens (primary N) is 5. The topological polar surface area (TPSA) is 220 Å². The third-order valence-electron chi connectivity index (χ3n) is 0. The molecule has 0 aliphatic rings. The predicted molar refractivity (Wildman–Crippen MR) is 35.6 cm³/mol. The van der Waals surface area contributed by atoms with Crippen LogP contribution in [0.1, 0.15) is 0 Å². The van der Waals surface area contributed by atoms with Crippen LogP contribution in [0.15, 0.2) is 5.34 Å². The molecule has 8 nitrogen and oxygen atoms in total. The standard InChI is InChI=1S/ClH.Co.HNO2.5H2N/c;;2-1-3;;;;;/h1H;;(H,2,3);5*1H2/q;+3;;5*-1/p-2. The van der Waals surface area contributed by atoms with Crippen LogP contribution in [0.25, 0.3) is 30.8 Å². The number of nitrogens with zero attached hydrogens (tertiary/aromatic N) is 1. The van der Waals surface area contributed by atoms with E-state index in [9.17, 15) is 0 Å². The Hall–Kier alpha value is -0.00351. The molecule has 0 spiro atoms. The molecule has 0 aromatic carbocycles. The van der Waals surface area contributed by atoms with Crippen LogP contribution in [0.4, 0.5) is 0 Å². The summed E-state index contributed by atoms with van der Waals surface area (Å²) in [5.41, 5.74) is 0.